The summed E-state index contributed by atoms with van der Waals surface area (Å²) >= 11 is 3.44. The molecule has 0 atom stereocenters. The van der Waals surface area contributed by atoms with Crippen molar-refractivity contribution in [3.05, 3.63) is 34.1 Å². The van der Waals surface area contributed by atoms with E-state index in [4.69, 9.17) is 5.11 Å². The van der Waals surface area contributed by atoms with E-state index in [1.54, 1.807) is 4.68 Å². The van der Waals surface area contributed by atoms with Crippen molar-refractivity contribution in [3.63, 3.8) is 0 Å². The summed E-state index contributed by atoms with van der Waals surface area (Å²) in [7, 11) is 0. The second kappa shape index (κ2) is 5.26. The Hall–Kier alpha value is -1.76. The second-order valence-electron chi connectivity index (χ2n) is 3.83. The molecule has 0 unspecified atom stereocenters. The second-order valence-corrected chi connectivity index (χ2v) is 4.69. The Balaban J connectivity index is 2.30. The Bertz CT molecular complexity index is 582. The highest BCUT2D eigenvalue weighted by Crippen LogP contribution is 2.20. The normalized spacial score (nSPS) is 10.6. The third-order valence-electron chi connectivity index (χ3n) is 2.50. The maximum Gasteiger partial charge on any atom is 0.303 e. The Morgan fingerprint density at radius 3 is 2.94 bits per heavy atom. The smallest absolute Gasteiger partial charge is 0.303 e. The molecule has 94 valence electrons. The molecule has 0 saturated heterocycles. The number of tetrazole rings is 1. The van der Waals surface area contributed by atoms with Gasteiger partial charge in [0.15, 0.2) is 5.82 Å². The Morgan fingerprint density at radius 1 is 1.50 bits per heavy atom. The first-order chi connectivity index (χ1) is 8.58. The largest absolute Gasteiger partial charge is 0.481 e. The number of halogens is 1. The summed E-state index contributed by atoms with van der Waals surface area (Å²) in [6.07, 6.45) is 0.307. The number of aromatic nitrogens is 4. The lowest BCUT2D eigenvalue weighted by Crippen LogP contribution is -2.06. The minimum Gasteiger partial charge on any atom is -0.481 e. The molecule has 1 N–H and O–H groups in total. The van der Waals surface area contributed by atoms with Crippen molar-refractivity contribution < 1.29 is 9.90 Å². The van der Waals surface area contributed by atoms with Crippen molar-refractivity contribution in [1.29, 1.82) is 0 Å². The molecule has 0 aliphatic heterocycles. The van der Waals surface area contributed by atoms with Crippen molar-refractivity contribution in [3.8, 4) is 5.69 Å². The number of carbonyl (C=O) groups is 1. The first kappa shape index (κ1) is 12.7. The number of nitrogens with zero attached hydrogens (tertiary/aromatic N) is 4. The van der Waals surface area contributed by atoms with E-state index in [1.807, 2.05) is 25.1 Å². The fraction of sp³-hybridized carbons (Fsp3) is 0.273. The predicted molar refractivity (Wildman–Crippen MR) is 67.5 cm³/mol. The molecule has 7 heteroatoms. The zero-order valence-electron chi connectivity index (χ0n) is 9.67. The van der Waals surface area contributed by atoms with E-state index in [0.29, 0.717) is 12.2 Å². The van der Waals surface area contributed by atoms with Gasteiger partial charge < -0.3 is 5.11 Å². The Kier molecular flexibility index (Phi) is 3.71. The van der Waals surface area contributed by atoms with Crippen LogP contribution in [0.1, 0.15) is 17.8 Å². The lowest BCUT2D eigenvalue weighted by atomic mass is 10.2. The molecule has 2 aromatic rings. The van der Waals surface area contributed by atoms with Gasteiger partial charge in [-0.1, -0.05) is 22.0 Å². The van der Waals surface area contributed by atoms with Crippen LogP contribution in [0.3, 0.4) is 0 Å². The predicted octanol–water partition coefficient (Wildman–Crippen LogP) is 1.75. The fourth-order valence-electron chi connectivity index (χ4n) is 1.49. The number of carboxylic acid groups (broad SMARTS) is 1. The number of aliphatic carboxylic acids is 1. The summed E-state index contributed by atoms with van der Waals surface area (Å²) in [6, 6.07) is 5.73. The van der Waals surface area contributed by atoms with E-state index >= 15 is 0 Å². The summed E-state index contributed by atoms with van der Waals surface area (Å²) in [5.74, 6) is -0.331. The van der Waals surface area contributed by atoms with E-state index in [9.17, 15) is 4.79 Å². The first-order valence-electron chi connectivity index (χ1n) is 5.33. The molecular formula is C11H11BrN4O2. The zero-order valence-corrected chi connectivity index (χ0v) is 11.3. The number of hydrogen-bond donors (Lipinski definition) is 1. The molecule has 18 heavy (non-hydrogen) atoms. The van der Waals surface area contributed by atoms with Gasteiger partial charge in [0.1, 0.15) is 0 Å². The van der Waals surface area contributed by atoms with Crippen LogP contribution in [0.4, 0.5) is 0 Å². The highest BCUT2D eigenvalue weighted by Gasteiger charge is 2.10. The number of benzene rings is 1. The van der Waals surface area contributed by atoms with Crippen molar-refractivity contribution in [2.75, 3.05) is 0 Å². The van der Waals surface area contributed by atoms with E-state index in [2.05, 4.69) is 31.5 Å². The van der Waals surface area contributed by atoms with Gasteiger partial charge in [-0.25, -0.2) is 0 Å². The van der Waals surface area contributed by atoms with Crippen molar-refractivity contribution in [2.45, 2.75) is 19.8 Å². The van der Waals surface area contributed by atoms with Gasteiger partial charge >= 0.3 is 5.97 Å². The van der Waals surface area contributed by atoms with E-state index in [1.165, 1.54) is 0 Å². The standard InChI is InChI=1S/C11H11BrN4O2/c1-7-2-3-8(6-9(7)12)16-10(13-14-15-16)4-5-11(17)18/h2-3,6H,4-5H2,1H3,(H,17,18). The quantitative estimate of drug-likeness (QED) is 0.930. The third-order valence-corrected chi connectivity index (χ3v) is 3.35. The molecule has 2 rings (SSSR count). The van der Waals surface area contributed by atoms with Crippen molar-refractivity contribution >= 4 is 21.9 Å². The van der Waals surface area contributed by atoms with Gasteiger partial charge in [-0.15, -0.1) is 5.10 Å². The molecule has 1 aromatic carbocycles. The van der Waals surface area contributed by atoms with Crippen LogP contribution in [0.15, 0.2) is 22.7 Å². The number of hydrogen-bond acceptors (Lipinski definition) is 4. The summed E-state index contributed by atoms with van der Waals surface area (Å²) in [4.78, 5) is 10.6. The summed E-state index contributed by atoms with van der Waals surface area (Å²) in [5, 5.41) is 20.0. The summed E-state index contributed by atoms with van der Waals surface area (Å²) in [5.41, 5.74) is 1.91. The first-order valence-corrected chi connectivity index (χ1v) is 6.13. The number of carboxylic acids is 1. The molecule has 0 bridgehead atoms. The number of aryl methyl sites for hydroxylation is 2. The molecule has 0 spiro atoms. The van der Waals surface area contributed by atoms with Crippen molar-refractivity contribution in [2.24, 2.45) is 0 Å². The van der Waals surface area contributed by atoms with Gasteiger partial charge in [0, 0.05) is 10.9 Å². The molecule has 1 heterocycles. The average molecular weight is 311 g/mol. The molecule has 1 aromatic heterocycles. The zero-order chi connectivity index (χ0) is 13.1. The molecule has 0 aliphatic carbocycles. The van der Waals surface area contributed by atoms with Gasteiger partial charge in [-0.05, 0) is 35.0 Å². The molecule has 6 nitrogen and oxygen atoms in total. The van der Waals surface area contributed by atoms with E-state index in [0.717, 1.165) is 15.7 Å². The minimum absolute atomic E-state index is 0.00735. The van der Waals surface area contributed by atoms with E-state index in [-0.39, 0.29) is 6.42 Å². The summed E-state index contributed by atoms with van der Waals surface area (Å²) < 4.78 is 2.51. The highest BCUT2D eigenvalue weighted by atomic mass is 79.9. The van der Waals surface area contributed by atoms with Crippen LogP contribution in [0.2, 0.25) is 0 Å². The maximum atomic E-state index is 10.6. The Labute approximate surface area is 112 Å². The monoisotopic (exact) mass is 310 g/mol. The van der Waals surface area contributed by atoms with Crippen LogP contribution >= 0.6 is 15.9 Å². The van der Waals surface area contributed by atoms with Gasteiger partial charge in [0.25, 0.3) is 0 Å². The number of rotatable bonds is 4. The van der Waals surface area contributed by atoms with Crippen LogP contribution in [0.25, 0.3) is 5.69 Å². The van der Waals surface area contributed by atoms with Gasteiger partial charge in [0.2, 0.25) is 0 Å². The van der Waals surface area contributed by atoms with Crippen LogP contribution in [0.5, 0.6) is 0 Å². The van der Waals surface area contributed by atoms with Gasteiger partial charge in [-0.2, -0.15) is 4.68 Å². The van der Waals surface area contributed by atoms with Gasteiger partial charge in [0.05, 0.1) is 12.1 Å². The van der Waals surface area contributed by atoms with E-state index < -0.39 is 5.97 Å². The molecular weight excluding hydrogens is 300 g/mol. The molecule has 0 radical (unpaired) electrons. The lowest BCUT2D eigenvalue weighted by molar-refractivity contribution is -0.137. The third kappa shape index (κ3) is 2.73. The highest BCUT2D eigenvalue weighted by molar-refractivity contribution is 9.10. The molecule has 0 fully saturated rings. The lowest BCUT2D eigenvalue weighted by Gasteiger charge is -2.05. The topological polar surface area (TPSA) is 80.9 Å². The van der Waals surface area contributed by atoms with Gasteiger partial charge in [-0.3, -0.25) is 4.79 Å². The minimum atomic E-state index is -0.866. The van der Waals surface area contributed by atoms with Crippen LogP contribution < -0.4 is 0 Å². The van der Waals surface area contributed by atoms with Crippen molar-refractivity contribution in [1.82, 2.24) is 20.2 Å². The Morgan fingerprint density at radius 2 is 2.28 bits per heavy atom. The maximum absolute atomic E-state index is 10.6. The fourth-order valence-corrected chi connectivity index (χ4v) is 1.86. The average Bonchev–Trinajstić information content (AvgIpc) is 2.78. The molecule has 0 amide bonds. The SMILES string of the molecule is Cc1ccc(-n2nnnc2CCC(=O)O)cc1Br. The van der Waals surface area contributed by atoms with Crippen LogP contribution in [-0.2, 0) is 11.2 Å². The summed E-state index contributed by atoms with van der Waals surface area (Å²) in [6.45, 7) is 1.98. The molecule has 0 saturated carbocycles. The molecule has 0 aliphatic rings. The van der Waals surface area contributed by atoms with Crippen LogP contribution in [0, 0.1) is 6.92 Å². The van der Waals surface area contributed by atoms with Crippen LogP contribution in [-0.4, -0.2) is 31.3 Å².